The van der Waals surface area contributed by atoms with Crippen LogP contribution in [-0.2, 0) is 14.4 Å². The maximum absolute atomic E-state index is 13.2. The zero-order valence-electron chi connectivity index (χ0n) is 17.9. The first-order valence-electron chi connectivity index (χ1n) is 10.3. The number of carbonyl (C=O) groups excluding carboxylic acids is 2. The zero-order valence-corrected chi connectivity index (χ0v) is 17.9. The smallest absolute Gasteiger partial charge is 0.326 e. The van der Waals surface area contributed by atoms with Crippen molar-refractivity contribution in [2.24, 2.45) is 17.2 Å². The molecule has 1 rings (SSSR count). The van der Waals surface area contributed by atoms with E-state index in [0.717, 1.165) is 0 Å². The lowest BCUT2D eigenvalue weighted by molar-refractivity contribution is -0.152. The summed E-state index contributed by atoms with van der Waals surface area (Å²) in [4.78, 5) is 40.1. The molecule has 31 heavy (non-hydrogen) atoms. The molecule has 0 aromatic heterocycles. The highest BCUT2D eigenvalue weighted by Crippen LogP contribution is 2.21. The standard InChI is InChI=1S/C18H35N9O4/c1-26(14(28)11(19)5-2-8-24-17(20)21)12(6-3-9-25-18(22)23)15(29)27-10-4-7-13(27)16(30)31/h11-13H,2-10,19H2,1H3,(H,30,31)(H4,20,21,24)(H4,22,23,25)/t11-,12-,13-/m0/s1. The second-order valence-electron chi connectivity index (χ2n) is 7.56. The van der Waals surface area contributed by atoms with Crippen molar-refractivity contribution < 1.29 is 19.5 Å². The highest BCUT2D eigenvalue weighted by molar-refractivity contribution is 5.92. The first kappa shape index (κ1) is 25.9. The van der Waals surface area contributed by atoms with Crippen LogP contribution in [0.3, 0.4) is 0 Å². The van der Waals surface area contributed by atoms with E-state index < -0.39 is 35.9 Å². The summed E-state index contributed by atoms with van der Waals surface area (Å²) in [5.41, 5.74) is 16.5. The van der Waals surface area contributed by atoms with Crippen LogP contribution in [0.4, 0.5) is 0 Å². The number of carboxylic acids is 1. The van der Waals surface area contributed by atoms with Crippen molar-refractivity contribution in [1.29, 1.82) is 10.8 Å². The summed E-state index contributed by atoms with van der Waals surface area (Å²) in [5.74, 6) is -2.27. The number of guanidine groups is 2. The molecule has 1 aliphatic heterocycles. The molecule has 0 aliphatic carbocycles. The van der Waals surface area contributed by atoms with Crippen LogP contribution in [0.15, 0.2) is 0 Å². The number of aliphatic carboxylic acids is 1. The number of nitrogens with one attached hydrogen (secondary N) is 4. The van der Waals surface area contributed by atoms with Crippen LogP contribution in [0.1, 0.15) is 38.5 Å². The van der Waals surface area contributed by atoms with Gasteiger partial charge in [0.15, 0.2) is 11.9 Å². The topological polar surface area (TPSA) is 228 Å². The van der Waals surface area contributed by atoms with Crippen molar-refractivity contribution in [3.63, 3.8) is 0 Å². The maximum Gasteiger partial charge on any atom is 0.326 e. The van der Waals surface area contributed by atoms with Crippen molar-refractivity contribution in [2.45, 2.75) is 56.7 Å². The molecule has 1 saturated heterocycles. The van der Waals surface area contributed by atoms with Gasteiger partial charge in [0.05, 0.1) is 6.04 Å². The third-order valence-corrected chi connectivity index (χ3v) is 5.22. The molecular formula is C18H35N9O4. The first-order chi connectivity index (χ1) is 14.6. The van der Waals surface area contributed by atoms with Gasteiger partial charge in [0, 0.05) is 26.7 Å². The normalized spacial score (nSPS) is 17.5. The molecule has 0 aromatic rings. The molecule has 0 radical (unpaired) electrons. The number of hydrogen-bond acceptors (Lipinski definition) is 6. The second-order valence-corrected chi connectivity index (χ2v) is 7.56. The van der Waals surface area contributed by atoms with E-state index in [4.69, 9.17) is 28.0 Å². The number of carbonyl (C=O) groups is 3. The van der Waals surface area contributed by atoms with E-state index in [1.54, 1.807) is 0 Å². The van der Waals surface area contributed by atoms with Gasteiger partial charge < -0.3 is 42.7 Å². The average molecular weight is 442 g/mol. The molecule has 1 heterocycles. The summed E-state index contributed by atoms with van der Waals surface area (Å²) in [6, 6.07) is -2.62. The lowest BCUT2D eigenvalue weighted by atomic mass is 10.0. The molecule has 176 valence electrons. The average Bonchev–Trinajstić information content (AvgIpc) is 3.19. The zero-order chi connectivity index (χ0) is 23.6. The maximum atomic E-state index is 13.2. The van der Waals surface area contributed by atoms with E-state index in [1.165, 1.54) is 16.8 Å². The number of likely N-dealkylation sites (N-methyl/N-ethyl adjacent to an activating group) is 1. The number of nitrogens with two attached hydrogens (primary N) is 3. The van der Waals surface area contributed by atoms with Crippen molar-refractivity contribution in [3.05, 3.63) is 0 Å². The first-order valence-corrected chi connectivity index (χ1v) is 10.3. The highest BCUT2D eigenvalue weighted by Gasteiger charge is 2.39. The van der Waals surface area contributed by atoms with Crippen LogP contribution in [0.5, 0.6) is 0 Å². The molecule has 2 amide bonds. The Morgan fingerprint density at radius 2 is 1.68 bits per heavy atom. The van der Waals surface area contributed by atoms with Gasteiger partial charge in [-0.25, -0.2) is 4.79 Å². The Hall–Kier alpha value is -3.09. The van der Waals surface area contributed by atoms with Crippen LogP contribution in [0.25, 0.3) is 0 Å². The van der Waals surface area contributed by atoms with Crippen molar-refractivity contribution in [2.75, 3.05) is 26.7 Å². The Kier molecular flexibility index (Phi) is 10.5. The van der Waals surface area contributed by atoms with Crippen molar-refractivity contribution in [1.82, 2.24) is 20.4 Å². The number of carboxylic acid groups (broad SMARTS) is 1. The third-order valence-electron chi connectivity index (χ3n) is 5.22. The predicted molar refractivity (Wildman–Crippen MR) is 115 cm³/mol. The van der Waals surface area contributed by atoms with Gasteiger partial charge in [0.25, 0.3) is 0 Å². The van der Waals surface area contributed by atoms with E-state index in [0.29, 0.717) is 51.7 Å². The van der Waals surface area contributed by atoms with E-state index in [1.807, 2.05) is 0 Å². The predicted octanol–water partition coefficient (Wildman–Crippen LogP) is -2.26. The number of amides is 2. The van der Waals surface area contributed by atoms with Crippen LogP contribution in [0, 0.1) is 10.8 Å². The summed E-state index contributed by atoms with van der Waals surface area (Å²) in [6.07, 6.45) is 2.51. The number of rotatable bonds is 12. The molecule has 0 spiro atoms. The van der Waals surface area contributed by atoms with Crippen molar-refractivity contribution in [3.8, 4) is 0 Å². The molecule has 0 saturated carbocycles. The Bertz CT molecular complexity index is 672. The van der Waals surface area contributed by atoms with Gasteiger partial charge in [-0.15, -0.1) is 0 Å². The number of hydrogen-bond donors (Lipinski definition) is 8. The third kappa shape index (κ3) is 8.28. The van der Waals surface area contributed by atoms with Crippen LogP contribution in [0.2, 0.25) is 0 Å². The lowest BCUT2D eigenvalue weighted by Gasteiger charge is -2.33. The van der Waals surface area contributed by atoms with Crippen LogP contribution < -0.4 is 27.8 Å². The second kappa shape index (κ2) is 12.6. The lowest BCUT2D eigenvalue weighted by Crippen LogP contribution is -2.55. The van der Waals surface area contributed by atoms with E-state index in [2.05, 4.69) is 10.6 Å². The number of nitrogens with zero attached hydrogens (tertiary/aromatic N) is 2. The quantitative estimate of drug-likeness (QED) is 0.0927. The minimum atomic E-state index is -1.06. The molecule has 1 aliphatic rings. The monoisotopic (exact) mass is 441 g/mol. The molecule has 11 N–H and O–H groups in total. The van der Waals surface area contributed by atoms with E-state index in [9.17, 15) is 19.5 Å². The Morgan fingerprint density at radius 3 is 2.19 bits per heavy atom. The summed E-state index contributed by atoms with van der Waals surface area (Å²) in [7, 11) is 1.49. The van der Waals surface area contributed by atoms with Gasteiger partial charge in [-0.1, -0.05) is 0 Å². The van der Waals surface area contributed by atoms with Gasteiger partial charge in [-0.3, -0.25) is 20.4 Å². The Balaban J connectivity index is 2.84. The van der Waals surface area contributed by atoms with E-state index >= 15 is 0 Å². The fourth-order valence-electron chi connectivity index (χ4n) is 3.56. The molecule has 0 aromatic carbocycles. The molecule has 1 fully saturated rings. The largest absolute Gasteiger partial charge is 0.480 e. The molecule has 0 bridgehead atoms. The number of likely N-dealkylation sites (tertiary alicyclic amines) is 1. The molecule has 3 atom stereocenters. The van der Waals surface area contributed by atoms with Gasteiger partial charge in [-0.05, 0) is 38.5 Å². The van der Waals surface area contributed by atoms with Crippen molar-refractivity contribution >= 4 is 29.7 Å². The summed E-state index contributed by atoms with van der Waals surface area (Å²) < 4.78 is 0. The molecule has 13 heteroatoms. The minimum absolute atomic E-state index is 0.166. The molecule has 13 nitrogen and oxygen atoms in total. The fraction of sp³-hybridized carbons (Fsp3) is 0.722. The highest BCUT2D eigenvalue weighted by atomic mass is 16.4. The Labute approximate surface area is 181 Å². The Morgan fingerprint density at radius 1 is 1.13 bits per heavy atom. The van der Waals surface area contributed by atoms with Gasteiger partial charge in [0.2, 0.25) is 11.8 Å². The molecular weight excluding hydrogens is 406 g/mol. The summed E-state index contributed by atoms with van der Waals surface area (Å²) in [6.45, 7) is 1.06. The summed E-state index contributed by atoms with van der Waals surface area (Å²) >= 11 is 0. The SMILES string of the molecule is CN(C(=O)[C@@H](N)CCCNC(=N)N)[C@@H](CCCNC(=N)N)C(=O)N1CCC[C@H]1C(=O)O. The van der Waals surface area contributed by atoms with Crippen LogP contribution >= 0.6 is 0 Å². The van der Waals surface area contributed by atoms with Crippen LogP contribution in [-0.4, -0.2) is 89.4 Å². The molecule has 0 unspecified atom stereocenters. The van der Waals surface area contributed by atoms with E-state index in [-0.39, 0.29) is 18.3 Å². The van der Waals surface area contributed by atoms with Gasteiger partial charge >= 0.3 is 5.97 Å². The summed E-state index contributed by atoms with van der Waals surface area (Å²) in [5, 5.41) is 29.0. The van der Waals surface area contributed by atoms with Gasteiger partial charge in [0.1, 0.15) is 12.1 Å². The van der Waals surface area contributed by atoms with Gasteiger partial charge in [-0.2, -0.15) is 0 Å². The minimum Gasteiger partial charge on any atom is -0.480 e. The fourth-order valence-corrected chi connectivity index (χ4v) is 3.56.